The summed E-state index contributed by atoms with van der Waals surface area (Å²) < 4.78 is 25.7. The van der Waals surface area contributed by atoms with Crippen molar-refractivity contribution in [1.82, 2.24) is 5.32 Å². The van der Waals surface area contributed by atoms with Crippen molar-refractivity contribution >= 4 is 63.8 Å². The minimum Gasteiger partial charge on any atom is -0.490 e. The number of hydrogen-bond donors (Lipinski definition) is 2. The molecule has 1 saturated heterocycles. The zero-order valence-electron chi connectivity index (χ0n) is 20.9. The average molecular weight is 643 g/mol. The van der Waals surface area contributed by atoms with Gasteiger partial charge in [0.1, 0.15) is 11.4 Å². The van der Waals surface area contributed by atoms with Gasteiger partial charge in [-0.2, -0.15) is 0 Å². The van der Waals surface area contributed by atoms with Crippen LogP contribution in [0.2, 0.25) is 0 Å². The highest BCUT2D eigenvalue weighted by Crippen LogP contribution is 2.35. The van der Waals surface area contributed by atoms with E-state index in [1.807, 2.05) is 41.6 Å². The van der Waals surface area contributed by atoms with Crippen LogP contribution in [-0.2, 0) is 14.4 Å². The lowest BCUT2D eigenvalue weighted by Gasteiger charge is -2.26. The summed E-state index contributed by atoms with van der Waals surface area (Å²) in [6, 6.07) is 14.5. The van der Waals surface area contributed by atoms with Gasteiger partial charge in [0.05, 0.1) is 15.9 Å². The first kappa shape index (κ1) is 27.8. The summed E-state index contributed by atoms with van der Waals surface area (Å²) in [5, 5.41) is 4.86. The van der Waals surface area contributed by atoms with E-state index in [0.29, 0.717) is 31.2 Å². The second-order valence-corrected chi connectivity index (χ2v) is 9.57. The normalized spacial score (nSPS) is 14.3. The molecule has 1 aliphatic rings. The van der Waals surface area contributed by atoms with Crippen LogP contribution in [-0.4, -0.2) is 37.0 Å². The molecule has 0 aliphatic carbocycles. The molecule has 1 heterocycles. The molecule has 0 bridgehead atoms. The van der Waals surface area contributed by atoms with Crippen LogP contribution in [0.4, 0.5) is 20.6 Å². The molecule has 0 atom stereocenters. The van der Waals surface area contributed by atoms with Crippen molar-refractivity contribution in [2.24, 2.45) is 0 Å². The van der Waals surface area contributed by atoms with Crippen LogP contribution in [0.3, 0.4) is 0 Å². The molecular weight excluding hydrogens is 620 g/mol. The summed E-state index contributed by atoms with van der Waals surface area (Å²) in [5.41, 5.74) is 1.76. The number of benzene rings is 3. The number of anilines is 2. The maximum absolute atomic E-state index is 13.7. The largest absolute Gasteiger partial charge is 0.490 e. The molecule has 3 aromatic rings. The topological polar surface area (TPSA) is 114 Å². The van der Waals surface area contributed by atoms with E-state index in [9.17, 15) is 23.6 Å². The van der Waals surface area contributed by atoms with E-state index in [2.05, 4.69) is 10.6 Å². The van der Waals surface area contributed by atoms with E-state index >= 15 is 0 Å². The molecule has 5 amide bonds. The first-order valence-electron chi connectivity index (χ1n) is 11.8. The molecule has 3 aromatic carbocycles. The molecule has 4 rings (SSSR count). The number of nitrogens with one attached hydrogen (secondary N) is 2. The quantitative estimate of drug-likeness (QED) is 0.207. The Balaban J connectivity index is 1.58. The fourth-order valence-corrected chi connectivity index (χ4v) is 4.50. The molecule has 39 heavy (non-hydrogen) atoms. The van der Waals surface area contributed by atoms with Gasteiger partial charge >= 0.3 is 6.03 Å². The van der Waals surface area contributed by atoms with Crippen LogP contribution in [0, 0.1) is 16.3 Å². The smallest absolute Gasteiger partial charge is 0.335 e. The van der Waals surface area contributed by atoms with E-state index in [0.717, 1.165) is 11.6 Å². The zero-order chi connectivity index (χ0) is 28.1. The summed E-state index contributed by atoms with van der Waals surface area (Å²) in [6.07, 6.45) is 1.30. The second kappa shape index (κ2) is 12.1. The number of imide groups is 2. The van der Waals surface area contributed by atoms with Crippen molar-refractivity contribution in [3.8, 4) is 11.5 Å². The van der Waals surface area contributed by atoms with Crippen molar-refractivity contribution in [3.05, 3.63) is 86.8 Å². The van der Waals surface area contributed by atoms with Crippen LogP contribution in [0.25, 0.3) is 6.08 Å². The highest BCUT2D eigenvalue weighted by Gasteiger charge is 2.37. The zero-order valence-corrected chi connectivity index (χ0v) is 23.1. The van der Waals surface area contributed by atoms with E-state index < -0.39 is 23.7 Å². The molecule has 11 heteroatoms. The monoisotopic (exact) mass is 643 g/mol. The number of hydrogen-bond acceptors (Lipinski definition) is 6. The summed E-state index contributed by atoms with van der Waals surface area (Å²) >= 11 is 1.99. The summed E-state index contributed by atoms with van der Waals surface area (Å²) in [4.78, 5) is 51.2. The number of urea groups is 1. The van der Waals surface area contributed by atoms with E-state index in [1.54, 1.807) is 31.2 Å². The number of carbonyl (C=O) groups excluding carboxylic acids is 4. The maximum atomic E-state index is 13.7. The minimum absolute atomic E-state index is 0.0202. The number of nitrogens with zero attached hydrogens (tertiary/aromatic N) is 1. The Morgan fingerprint density at radius 3 is 2.51 bits per heavy atom. The number of rotatable bonds is 8. The Hall–Kier alpha value is -4.26. The predicted octanol–water partition coefficient (Wildman–Crippen LogP) is 4.82. The Bertz CT molecular complexity index is 1490. The Kier molecular flexibility index (Phi) is 8.59. The first-order valence-corrected chi connectivity index (χ1v) is 12.9. The van der Waals surface area contributed by atoms with Crippen molar-refractivity contribution in [1.29, 1.82) is 0 Å². The van der Waals surface area contributed by atoms with Crippen LogP contribution >= 0.6 is 22.6 Å². The molecular formula is C28H23FIN3O6. The highest BCUT2D eigenvalue weighted by atomic mass is 127. The third kappa shape index (κ3) is 6.60. The van der Waals surface area contributed by atoms with Crippen LogP contribution < -0.4 is 25.0 Å². The molecule has 0 aromatic heterocycles. The lowest BCUT2D eigenvalue weighted by molar-refractivity contribution is -0.122. The first-order chi connectivity index (χ1) is 18.7. The van der Waals surface area contributed by atoms with Crippen molar-refractivity contribution in [2.75, 3.05) is 23.4 Å². The molecule has 9 nitrogen and oxygen atoms in total. The van der Waals surface area contributed by atoms with Gasteiger partial charge in [-0.05, 0) is 90.5 Å². The number of halogens is 2. The number of barbiturate groups is 1. The van der Waals surface area contributed by atoms with E-state index in [1.165, 1.54) is 24.3 Å². The van der Waals surface area contributed by atoms with Gasteiger partial charge in [0, 0.05) is 5.69 Å². The van der Waals surface area contributed by atoms with Gasteiger partial charge in [-0.25, -0.2) is 14.1 Å². The number of carbonyl (C=O) groups is 4. The third-order valence-corrected chi connectivity index (χ3v) is 6.29. The van der Waals surface area contributed by atoms with Gasteiger partial charge in [-0.15, -0.1) is 0 Å². The number of ether oxygens (including phenoxy) is 2. The maximum Gasteiger partial charge on any atom is 0.335 e. The second-order valence-electron chi connectivity index (χ2n) is 8.40. The summed E-state index contributed by atoms with van der Waals surface area (Å²) in [7, 11) is 0. The molecule has 1 fully saturated rings. The van der Waals surface area contributed by atoms with Crippen molar-refractivity contribution in [3.63, 3.8) is 0 Å². The van der Waals surface area contributed by atoms with Gasteiger partial charge in [0.25, 0.3) is 17.7 Å². The molecule has 2 N–H and O–H groups in total. The minimum atomic E-state index is -0.981. The lowest BCUT2D eigenvalue weighted by atomic mass is 10.1. The van der Waals surface area contributed by atoms with Gasteiger partial charge in [-0.1, -0.05) is 23.8 Å². The highest BCUT2D eigenvalue weighted by molar-refractivity contribution is 14.1. The van der Waals surface area contributed by atoms with Gasteiger partial charge in [0.15, 0.2) is 18.1 Å². The third-order valence-electron chi connectivity index (χ3n) is 5.49. The summed E-state index contributed by atoms with van der Waals surface area (Å²) in [5.74, 6) is -2.20. The Labute approximate surface area is 237 Å². The van der Waals surface area contributed by atoms with Gasteiger partial charge in [-0.3, -0.25) is 19.7 Å². The van der Waals surface area contributed by atoms with E-state index in [-0.39, 0.29) is 30.4 Å². The Morgan fingerprint density at radius 2 is 1.82 bits per heavy atom. The van der Waals surface area contributed by atoms with E-state index in [4.69, 9.17) is 9.47 Å². The van der Waals surface area contributed by atoms with Gasteiger partial charge < -0.3 is 14.8 Å². The fraction of sp³-hybridized carbons (Fsp3) is 0.143. The number of aryl methyl sites for hydroxylation is 1. The molecule has 0 unspecified atom stereocenters. The van der Waals surface area contributed by atoms with Gasteiger partial charge in [0.2, 0.25) is 0 Å². The van der Waals surface area contributed by atoms with Crippen LogP contribution in [0.5, 0.6) is 11.5 Å². The van der Waals surface area contributed by atoms with Crippen LogP contribution in [0.15, 0.2) is 66.2 Å². The predicted molar refractivity (Wildman–Crippen MR) is 151 cm³/mol. The number of amides is 5. The molecule has 200 valence electrons. The molecule has 0 radical (unpaired) electrons. The molecule has 0 saturated carbocycles. The lowest BCUT2D eigenvalue weighted by Crippen LogP contribution is -2.54. The molecule has 0 spiro atoms. The van der Waals surface area contributed by atoms with Crippen molar-refractivity contribution in [2.45, 2.75) is 13.8 Å². The SMILES string of the molecule is CCOc1cc(/C=C2\C(=O)NC(=O)N(c3cccc(F)c3)C2=O)cc(I)c1OCC(=O)Nc1ccc(C)cc1. The van der Waals surface area contributed by atoms with Crippen molar-refractivity contribution < 1.29 is 33.0 Å². The van der Waals surface area contributed by atoms with Crippen LogP contribution in [0.1, 0.15) is 18.1 Å². The standard InChI is InChI=1S/C28H23FIN3O6/c1-3-38-23-13-17(12-22(30)25(23)39-15-24(34)31-19-9-7-16(2)8-10-19)11-21-26(35)32-28(37)33(27(21)36)20-6-4-5-18(29)14-20/h4-14H,3,15H2,1-2H3,(H,31,34)(H,32,35,37)/b21-11+. The summed E-state index contributed by atoms with van der Waals surface area (Å²) in [6.45, 7) is 3.72. The Morgan fingerprint density at radius 1 is 1.08 bits per heavy atom. The average Bonchev–Trinajstić information content (AvgIpc) is 2.87. The fourth-order valence-electron chi connectivity index (χ4n) is 3.72. The molecule has 1 aliphatic heterocycles.